The van der Waals surface area contributed by atoms with Crippen molar-refractivity contribution in [2.45, 2.75) is 20.5 Å². The van der Waals surface area contributed by atoms with Gasteiger partial charge in [-0.25, -0.2) is 9.79 Å². The normalized spacial score (nSPS) is 15.3. The summed E-state index contributed by atoms with van der Waals surface area (Å²) in [5, 5.41) is 0.536. The summed E-state index contributed by atoms with van der Waals surface area (Å²) in [4.78, 5) is 31.4. The Morgan fingerprint density at radius 2 is 1.82 bits per heavy atom. The Hall–Kier alpha value is -3.56. The minimum absolute atomic E-state index is 0.160. The number of amidine groups is 1. The molecule has 0 spiro atoms. The first kappa shape index (κ1) is 27.5. The summed E-state index contributed by atoms with van der Waals surface area (Å²) in [5.74, 6) is 0.600. The van der Waals surface area contributed by atoms with Gasteiger partial charge in [-0.1, -0.05) is 29.8 Å². The summed E-state index contributed by atoms with van der Waals surface area (Å²) in [6, 6.07) is 18.6. The van der Waals surface area contributed by atoms with Crippen LogP contribution in [-0.4, -0.2) is 42.7 Å². The van der Waals surface area contributed by atoms with Crippen molar-refractivity contribution in [3.05, 3.63) is 92.3 Å². The van der Waals surface area contributed by atoms with Gasteiger partial charge in [-0.3, -0.25) is 9.69 Å². The highest BCUT2D eigenvalue weighted by Crippen LogP contribution is 2.39. The van der Waals surface area contributed by atoms with Crippen LogP contribution in [0.5, 0.6) is 11.5 Å². The average Bonchev–Trinajstić information content (AvgIpc) is 3.16. The molecular weight excluding hydrogens is 568 g/mol. The van der Waals surface area contributed by atoms with E-state index in [1.54, 1.807) is 51.4 Å². The van der Waals surface area contributed by atoms with E-state index in [0.717, 1.165) is 15.6 Å². The van der Waals surface area contributed by atoms with Gasteiger partial charge in [-0.15, -0.1) is 0 Å². The molecule has 7 nitrogen and oxygen atoms in total. The van der Waals surface area contributed by atoms with E-state index in [-0.39, 0.29) is 11.9 Å². The van der Waals surface area contributed by atoms with Gasteiger partial charge in [0.05, 0.1) is 34.3 Å². The SMILES string of the molecule is CCOC(=O)c1ccc(N=C2S/C(=C\c3cc(Br)c(OCc4ccc(C)cc4)c(OC)c3)C(=O)N2C)cc1. The number of hydrogen-bond donors (Lipinski definition) is 0. The monoisotopic (exact) mass is 594 g/mol. The second-order valence-electron chi connectivity index (χ2n) is 8.44. The Bertz CT molecular complexity index is 1400. The van der Waals surface area contributed by atoms with Crippen LogP contribution >= 0.6 is 27.7 Å². The van der Waals surface area contributed by atoms with Gasteiger partial charge in [-0.2, -0.15) is 0 Å². The molecule has 3 aromatic carbocycles. The molecule has 0 radical (unpaired) electrons. The number of benzene rings is 3. The van der Waals surface area contributed by atoms with Crippen molar-refractivity contribution in [1.29, 1.82) is 0 Å². The second kappa shape index (κ2) is 12.3. The van der Waals surface area contributed by atoms with Gasteiger partial charge in [0.2, 0.25) is 0 Å². The van der Waals surface area contributed by atoms with E-state index in [1.807, 2.05) is 43.3 Å². The van der Waals surface area contributed by atoms with Crippen LogP contribution in [0.4, 0.5) is 5.69 Å². The number of aryl methyl sites for hydroxylation is 1. The van der Waals surface area contributed by atoms with Gasteiger partial charge in [0.1, 0.15) is 6.61 Å². The number of likely N-dealkylation sites (N-methyl/N-ethyl adjacent to an activating group) is 1. The number of carbonyl (C=O) groups excluding carboxylic acids is 2. The van der Waals surface area contributed by atoms with Crippen molar-refractivity contribution in [1.82, 2.24) is 4.90 Å². The molecule has 0 aliphatic carbocycles. The number of esters is 1. The molecule has 1 saturated heterocycles. The molecule has 1 fully saturated rings. The highest BCUT2D eigenvalue weighted by molar-refractivity contribution is 9.10. The molecule has 4 rings (SSSR count). The summed E-state index contributed by atoms with van der Waals surface area (Å²) in [6.07, 6.45) is 1.80. The number of amides is 1. The van der Waals surface area contributed by atoms with Crippen molar-refractivity contribution < 1.29 is 23.8 Å². The number of rotatable bonds is 8. The first-order valence-electron chi connectivity index (χ1n) is 11.9. The highest BCUT2D eigenvalue weighted by atomic mass is 79.9. The van der Waals surface area contributed by atoms with Crippen LogP contribution in [0, 0.1) is 6.92 Å². The van der Waals surface area contributed by atoms with E-state index in [9.17, 15) is 9.59 Å². The Morgan fingerprint density at radius 1 is 1.11 bits per heavy atom. The fraction of sp³-hybridized carbons (Fsp3) is 0.207. The molecular formula is C29H27BrN2O5S. The first-order valence-corrected chi connectivity index (χ1v) is 13.5. The zero-order valence-electron chi connectivity index (χ0n) is 21.5. The molecule has 0 atom stereocenters. The second-order valence-corrected chi connectivity index (χ2v) is 10.3. The third-order valence-corrected chi connectivity index (χ3v) is 7.31. The van der Waals surface area contributed by atoms with Gasteiger partial charge in [0.15, 0.2) is 16.7 Å². The summed E-state index contributed by atoms with van der Waals surface area (Å²) >= 11 is 4.86. The summed E-state index contributed by atoms with van der Waals surface area (Å²) in [6.45, 7) is 4.52. The predicted molar refractivity (Wildman–Crippen MR) is 154 cm³/mol. The van der Waals surface area contributed by atoms with Gasteiger partial charge >= 0.3 is 5.97 Å². The van der Waals surface area contributed by atoms with Crippen LogP contribution in [0.3, 0.4) is 0 Å². The molecule has 0 unspecified atom stereocenters. The van der Waals surface area contributed by atoms with Crippen LogP contribution in [0.1, 0.15) is 34.0 Å². The van der Waals surface area contributed by atoms with Crippen molar-refractivity contribution in [3.63, 3.8) is 0 Å². The van der Waals surface area contributed by atoms with E-state index >= 15 is 0 Å². The van der Waals surface area contributed by atoms with Gasteiger partial charge in [-0.05, 0) is 95.1 Å². The Kier molecular flexibility index (Phi) is 8.91. The minimum atomic E-state index is -0.382. The van der Waals surface area contributed by atoms with Gasteiger partial charge in [0, 0.05) is 7.05 Å². The molecule has 0 saturated carbocycles. The zero-order chi connectivity index (χ0) is 27.2. The molecule has 38 heavy (non-hydrogen) atoms. The van der Waals surface area contributed by atoms with Crippen molar-refractivity contribution in [3.8, 4) is 11.5 Å². The lowest BCUT2D eigenvalue weighted by molar-refractivity contribution is -0.121. The van der Waals surface area contributed by atoms with Crippen molar-refractivity contribution in [2.24, 2.45) is 4.99 Å². The average molecular weight is 596 g/mol. The van der Waals surface area contributed by atoms with Gasteiger partial charge in [0.25, 0.3) is 5.91 Å². The van der Waals surface area contributed by atoms with Crippen LogP contribution in [0.25, 0.3) is 6.08 Å². The molecule has 1 aliphatic rings. The molecule has 1 aliphatic heterocycles. The molecule has 0 bridgehead atoms. The molecule has 0 aromatic heterocycles. The predicted octanol–water partition coefficient (Wildman–Crippen LogP) is 6.76. The zero-order valence-corrected chi connectivity index (χ0v) is 23.9. The van der Waals surface area contributed by atoms with E-state index in [4.69, 9.17) is 14.2 Å². The first-order chi connectivity index (χ1) is 18.3. The van der Waals surface area contributed by atoms with Crippen molar-refractivity contribution in [2.75, 3.05) is 20.8 Å². The third kappa shape index (κ3) is 6.46. The Labute approximate surface area is 234 Å². The number of ether oxygens (including phenoxy) is 3. The number of thioether (sulfide) groups is 1. The maximum Gasteiger partial charge on any atom is 0.338 e. The summed E-state index contributed by atoms with van der Waals surface area (Å²) < 4.78 is 17.4. The number of methoxy groups -OCH3 is 1. The number of halogens is 1. The maximum absolute atomic E-state index is 12.9. The van der Waals surface area contributed by atoms with Crippen LogP contribution in [0.2, 0.25) is 0 Å². The van der Waals surface area contributed by atoms with Gasteiger partial charge < -0.3 is 14.2 Å². The van der Waals surface area contributed by atoms with Crippen LogP contribution < -0.4 is 9.47 Å². The molecule has 1 heterocycles. The molecule has 196 valence electrons. The topological polar surface area (TPSA) is 77.4 Å². The van der Waals surface area contributed by atoms with E-state index in [0.29, 0.717) is 46.0 Å². The largest absolute Gasteiger partial charge is 0.493 e. The van der Waals surface area contributed by atoms with E-state index in [2.05, 4.69) is 20.9 Å². The molecule has 0 N–H and O–H groups in total. The number of carbonyl (C=O) groups is 2. The minimum Gasteiger partial charge on any atom is -0.493 e. The van der Waals surface area contributed by atoms with Crippen LogP contribution in [0.15, 0.2) is 75.0 Å². The van der Waals surface area contributed by atoms with Crippen LogP contribution in [-0.2, 0) is 16.1 Å². The van der Waals surface area contributed by atoms with E-state index in [1.165, 1.54) is 22.2 Å². The molecule has 1 amide bonds. The Morgan fingerprint density at radius 3 is 2.47 bits per heavy atom. The summed E-state index contributed by atoms with van der Waals surface area (Å²) in [7, 11) is 3.26. The third-order valence-electron chi connectivity index (χ3n) is 5.66. The maximum atomic E-state index is 12.9. The van der Waals surface area contributed by atoms with E-state index < -0.39 is 0 Å². The summed E-state index contributed by atoms with van der Waals surface area (Å²) in [5.41, 5.74) is 4.09. The highest BCUT2D eigenvalue weighted by Gasteiger charge is 2.30. The lowest BCUT2D eigenvalue weighted by Gasteiger charge is -2.14. The lowest BCUT2D eigenvalue weighted by Crippen LogP contribution is -2.23. The fourth-order valence-electron chi connectivity index (χ4n) is 3.60. The lowest BCUT2D eigenvalue weighted by atomic mass is 10.1. The molecule has 9 heteroatoms. The smallest absolute Gasteiger partial charge is 0.338 e. The molecule has 3 aromatic rings. The number of hydrogen-bond acceptors (Lipinski definition) is 7. The quantitative estimate of drug-likeness (QED) is 0.212. The number of aliphatic imine (C=N–C) groups is 1. The Balaban J connectivity index is 1.52. The fourth-order valence-corrected chi connectivity index (χ4v) is 5.16. The standard InChI is InChI=1S/C29H27BrN2O5S/c1-5-36-28(34)21-10-12-22(13-11-21)31-29-32(3)27(33)25(38-29)16-20-14-23(30)26(24(15-20)35-4)37-17-19-8-6-18(2)7-9-19/h6-16H,5,17H2,1-4H3/b25-16-,31-29?. The van der Waals surface area contributed by atoms with Crippen molar-refractivity contribution >= 4 is 56.5 Å². The number of nitrogens with zero attached hydrogens (tertiary/aromatic N) is 2.